The molecule has 2 N–H and O–H groups in total. The molecule has 0 saturated carbocycles. The molecule has 1 heterocycles. The van der Waals surface area contributed by atoms with Crippen molar-refractivity contribution < 1.29 is 0 Å². The molecule has 0 aliphatic carbocycles. The average Bonchev–Trinajstić information content (AvgIpc) is 2.47. The van der Waals surface area contributed by atoms with Crippen LogP contribution >= 0.6 is 0 Å². The van der Waals surface area contributed by atoms with Gasteiger partial charge in [0.2, 0.25) is 0 Å². The van der Waals surface area contributed by atoms with Gasteiger partial charge in [0.05, 0.1) is 0 Å². The maximum atomic E-state index is 5.70. The Hall–Kier alpha value is -0.900. The van der Waals surface area contributed by atoms with Crippen molar-refractivity contribution in [2.45, 2.75) is 46.2 Å². The Morgan fingerprint density at radius 1 is 1.43 bits per heavy atom. The fraction of sp³-hybridized carbons (Fsp3) is 0.800. The monoisotopic (exact) mass is 196 g/mol. The zero-order valence-electron chi connectivity index (χ0n) is 9.27. The standard InChI is InChI=1S/C10H20N4/c1-8(2)6-14-10(12-7-13-14)5-4-9(3)11/h7-9H,4-6,11H2,1-3H3. The molecule has 14 heavy (non-hydrogen) atoms. The molecule has 0 radical (unpaired) electrons. The Bertz CT molecular complexity index is 265. The predicted molar refractivity (Wildman–Crippen MR) is 56.8 cm³/mol. The molecular formula is C10H20N4. The van der Waals surface area contributed by atoms with E-state index in [1.165, 1.54) is 0 Å². The van der Waals surface area contributed by atoms with Crippen LogP contribution in [0.25, 0.3) is 0 Å². The van der Waals surface area contributed by atoms with Crippen molar-refractivity contribution in [2.75, 3.05) is 0 Å². The summed E-state index contributed by atoms with van der Waals surface area (Å²) in [6.45, 7) is 7.31. The summed E-state index contributed by atoms with van der Waals surface area (Å²) < 4.78 is 1.98. The third kappa shape index (κ3) is 3.46. The van der Waals surface area contributed by atoms with Crippen LogP contribution in [0.1, 0.15) is 33.0 Å². The highest BCUT2D eigenvalue weighted by Crippen LogP contribution is 2.04. The Labute approximate surface area is 85.5 Å². The van der Waals surface area contributed by atoms with Gasteiger partial charge in [0.25, 0.3) is 0 Å². The van der Waals surface area contributed by atoms with Crippen LogP contribution in [0.3, 0.4) is 0 Å². The van der Waals surface area contributed by atoms with Crippen LogP contribution in [0.2, 0.25) is 0 Å². The first-order valence-corrected chi connectivity index (χ1v) is 5.22. The number of hydrogen-bond acceptors (Lipinski definition) is 3. The summed E-state index contributed by atoms with van der Waals surface area (Å²) in [5, 5.41) is 4.20. The van der Waals surface area contributed by atoms with Crippen LogP contribution in [0, 0.1) is 5.92 Å². The van der Waals surface area contributed by atoms with Crippen LogP contribution in [0.4, 0.5) is 0 Å². The van der Waals surface area contributed by atoms with Gasteiger partial charge in [-0.25, -0.2) is 9.67 Å². The Morgan fingerprint density at radius 2 is 2.14 bits per heavy atom. The molecule has 0 fully saturated rings. The van der Waals surface area contributed by atoms with Gasteiger partial charge in [0, 0.05) is 19.0 Å². The van der Waals surface area contributed by atoms with E-state index in [0.29, 0.717) is 5.92 Å². The van der Waals surface area contributed by atoms with E-state index in [1.807, 2.05) is 11.6 Å². The second-order valence-electron chi connectivity index (χ2n) is 4.27. The van der Waals surface area contributed by atoms with Gasteiger partial charge in [0.15, 0.2) is 0 Å². The molecular weight excluding hydrogens is 176 g/mol. The normalized spacial score (nSPS) is 13.5. The van der Waals surface area contributed by atoms with Gasteiger partial charge in [-0.2, -0.15) is 5.10 Å². The quantitative estimate of drug-likeness (QED) is 0.770. The lowest BCUT2D eigenvalue weighted by atomic mass is 10.2. The van der Waals surface area contributed by atoms with E-state index in [4.69, 9.17) is 5.73 Å². The molecule has 0 aliphatic rings. The van der Waals surface area contributed by atoms with Gasteiger partial charge < -0.3 is 5.73 Å². The maximum absolute atomic E-state index is 5.70. The topological polar surface area (TPSA) is 56.7 Å². The summed E-state index contributed by atoms with van der Waals surface area (Å²) in [7, 11) is 0. The SMILES string of the molecule is CC(C)Cn1ncnc1CCC(C)N. The van der Waals surface area contributed by atoms with E-state index in [9.17, 15) is 0 Å². The molecule has 4 nitrogen and oxygen atoms in total. The molecule has 0 aliphatic heterocycles. The van der Waals surface area contributed by atoms with E-state index in [-0.39, 0.29) is 6.04 Å². The van der Waals surface area contributed by atoms with Crippen molar-refractivity contribution in [3.05, 3.63) is 12.2 Å². The number of hydrogen-bond donors (Lipinski definition) is 1. The van der Waals surface area contributed by atoms with Gasteiger partial charge in [-0.15, -0.1) is 0 Å². The molecule has 0 spiro atoms. The third-order valence-corrected chi connectivity index (χ3v) is 2.06. The molecule has 1 atom stereocenters. The van der Waals surface area contributed by atoms with E-state index in [2.05, 4.69) is 23.9 Å². The van der Waals surface area contributed by atoms with Gasteiger partial charge in [0.1, 0.15) is 12.2 Å². The number of aryl methyl sites for hydroxylation is 1. The van der Waals surface area contributed by atoms with Crippen molar-refractivity contribution >= 4 is 0 Å². The highest BCUT2D eigenvalue weighted by Gasteiger charge is 2.06. The predicted octanol–water partition coefficient (Wildman–Crippen LogP) is 1.21. The first-order chi connectivity index (χ1) is 6.59. The Kier molecular flexibility index (Phi) is 4.07. The van der Waals surface area contributed by atoms with Crippen LogP contribution < -0.4 is 5.73 Å². The van der Waals surface area contributed by atoms with Crippen molar-refractivity contribution in [3.63, 3.8) is 0 Å². The molecule has 1 aromatic heterocycles. The van der Waals surface area contributed by atoms with Crippen LogP contribution in [0.5, 0.6) is 0 Å². The highest BCUT2D eigenvalue weighted by molar-refractivity contribution is 4.85. The summed E-state index contributed by atoms with van der Waals surface area (Å²) in [4.78, 5) is 4.24. The maximum Gasteiger partial charge on any atom is 0.138 e. The lowest BCUT2D eigenvalue weighted by molar-refractivity contribution is 0.460. The zero-order valence-corrected chi connectivity index (χ0v) is 9.27. The third-order valence-electron chi connectivity index (χ3n) is 2.06. The molecule has 0 amide bonds. The molecule has 4 heteroatoms. The Balaban J connectivity index is 2.53. The van der Waals surface area contributed by atoms with E-state index < -0.39 is 0 Å². The minimum atomic E-state index is 0.235. The second-order valence-corrected chi connectivity index (χ2v) is 4.27. The van der Waals surface area contributed by atoms with Gasteiger partial charge in [-0.3, -0.25) is 0 Å². The fourth-order valence-corrected chi connectivity index (χ4v) is 1.34. The molecule has 0 bridgehead atoms. The summed E-state index contributed by atoms with van der Waals surface area (Å²) >= 11 is 0. The number of nitrogens with two attached hydrogens (primary N) is 1. The minimum absolute atomic E-state index is 0.235. The summed E-state index contributed by atoms with van der Waals surface area (Å²) in [6.07, 6.45) is 3.51. The van der Waals surface area contributed by atoms with Crippen molar-refractivity contribution in [3.8, 4) is 0 Å². The highest BCUT2D eigenvalue weighted by atomic mass is 15.3. The number of aromatic nitrogens is 3. The van der Waals surface area contributed by atoms with Crippen molar-refractivity contribution in [1.82, 2.24) is 14.8 Å². The second kappa shape index (κ2) is 5.10. The zero-order chi connectivity index (χ0) is 10.6. The van der Waals surface area contributed by atoms with Crippen molar-refractivity contribution in [1.29, 1.82) is 0 Å². The summed E-state index contributed by atoms with van der Waals surface area (Å²) in [5.41, 5.74) is 5.70. The number of rotatable bonds is 5. The number of nitrogens with zero attached hydrogens (tertiary/aromatic N) is 3. The van der Waals surface area contributed by atoms with E-state index in [0.717, 1.165) is 25.2 Å². The molecule has 1 aromatic rings. The largest absolute Gasteiger partial charge is 0.328 e. The summed E-state index contributed by atoms with van der Waals surface area (Å²) in [5.74, 6) is 1.65. The molecule has 0 saturated heterocycles. The molecule has 0 aromatic carbocycles. The Morgan fingerprint density at radius 3 is 2.71 bits per heavy atom. The lowest BCUT2D eigenvalue weighted by Gasteiger charge is -2.09. The summed E-state index contributed by atoms with van der Waals surface area (Å²) in [6, 6.07) is 0.235. The smallest absolute Gasteiger partial charge is 0.138 e. The van der Waals surface area contributed by atoms with Crippen LogP contribution in [-0.2, 0) is 13.0 Å². The van der Waals surface area contributed by atoms with E-state index >= 15 is 0 Å². The molecule has 80 valence electrons. The van der Waals surface area contributed by atoms with Crippen LogP contribution in [0.15, 0.2) is 6.33 Å². The molecule has 1 unspecified atom stereocenters. The van der Waals surface area contributed by atoms with E-state index in [1.54, 1.807) is 6.33 Å². The first kappa shape index (κ1) is 11.2. The van der Waals surface area contributed by atoms with Gasteiger partial charge in [-0.05, 0) is 19.3 Å². The molecule has 1 rings (SSSR count). The van der Waals surface area contributed by atoms with Gasteiger partial charge >= 0.3 is 0 Å². The average molecular weight is 196 g/mol. The van der Waals surface area contributed by atoms with Crippen LogP contribution in [-0.4, -0.2) is 20.8 Å². The fourth-order valence-electron chi connectivity index (χ4n) is 1.34. The minimum Gasteiger partial charge on any atom is -0.328 e. The van der Waals surface area contributed by atoms with Gasteiger partial charge in [-0.1, -0.05) is 13.8 Å². The lowest BCUT2D eigenvalue weighted by Crippen LogP contribution is -2.17. The first-order valence-electron chi connectivity index (χ1n) is 5.22. The van der Waals surface area contributed by atoms with Crippen molar-refractivity contribution in [2.24, 2.45) is 11.7 Å².